The van der Waals surface area contributed by atoms with Gasteiger partial charge in [0.15, 0.2) is 0 Å². The predicted molar refractivity (Wildman–Crippen MR) is 83.7 cm³/mol. The summed E-state index contributed by atoms with van der Waals surface area (Å²) < 4.78 is 0. The van der Waals surface area contributed by atoms with Crippen LogP contribution < -0.4 is 5.73 Å². The Kier molecular flexibility index (Phi) is 4.65. The molecule has 1 unspecified atom stereocenters. The number of nitrogen functional groups attached to an aromatic ring is 1. The Morgan fingerprint density at radius 3 is 2.79 bits per heavy atom. The van der Waals surface area contributed by atoms with Crippen LogP contribution in [0.3, 0.4) is 0 Å². The first-order valence-corrected chi connectivity index (χ1v) is 8.20. The molecule has 0 aliphatic rings. The van der Waals surface area contributed by atoms with Crippen LogP contribution in [0.25, 0.3) is 10.2 Å². The number of nitrogens with zero attached hydrogens (tertiary/aromatic N) is 2. The highest BCUT2D eigenvalue weighted by molar-refractivity contribution is 7.98. The third kappa shape index (κ3) is 3.19. The number of fused-ring (bicyclic) bond motifs is 1. The van der Waals surface area contributed by atoms with Crippen molar-refractivity contribution in [2.24, 2.45) is 5.92 Å². The number of thiophene rings is 1. The molecule has 3 N–H and O–H groups in total. The number of aryl methyl sites for hydroxylation is 2. The molecule has 0 aromatic carbocycles. The van der Waals surface area contributed by atoms with E-state index in [-0.39, 0.29) is 6.61 Å². The Labute approximate surface area is 121 Å². The zero-order valence-corrected chi connectivity index (χ0v) is 13.1. The number of hydrogen-bond donors (Lipinski definition) is 2. The van der Waals surface area contributed by atoms with Gasteiger partial charge in [0.05, 0.1) is 11.1 Å². The molecule has 2 aromatic rings. The van der Waals surface area contributed by atoms with E-state index in [1.54, 1.807) is 23.1 Å². The van der Waals surface area contributed by atoms with E-state index >= 15 is 0 Å². The highest BCUT2D eigenvalue weighted by Gasteiger charge is 2.12. The van der Waals surface area contributed by atoms with Crippen LogP contribution >= 0.6 is 23.1 Å². The molecule has 0 saturated carbocycles. The molecule has 0 radical (unpaired) electrons. The quantitative estimate of drug-likeness (QED) is 0.888. The minimum atomic E-state index is 0.221. The standard InChI is InChI=1S/C13H19N3OS2/c1-7(4-17)5-18-6-10-15-12(14)11-8(2)9(3)19-13(11)16-10/h7,17H,4-6H2,1-3H3,(H2,14,15,16). The maximum absolute atomic E-state index is 8.99. The Morgan fingerprint density at radius 2 is 2.11 bits per heavy atom. The molecule has 0 amide bonds. The first-order chi connectivity index (χ1) is 9.02. The SMILES string of the molecule is Cc1sc2nc(CSCC(C)CO)nc(N)c2c1C. The molecule has 2 heterocycles. The summed E-state index contributed by atoms with van der Waals surface area (Å²) in [6, 6.07) is 0. The molecule has 0 aliphatic heterocycles. The molecule has 19 heavy (non-hydrogen) atoms. The first kappa shape index (κ1) is 14.6. The summed E-state index contributed by atoms with van der Waals surface area (Å²) in [4.78, 5) is 11.2. The fraction of sp³-hybridized carbons (Fsp3) is 0.538. The minimum absolute atomic E-state index is 0.221. The van der Waals surface area contributed by atoms with Gasteiger partial charge in [-0.3, -0.25) is 0 Å². The molecule has 2 aromatic heterocycles. The van der Waals surface area contributed by atoms with E-state index in [4.69, 9.17) is 10.8 Å². The number of rotatable bonds is 5. The summed E-state index contributed by atoms with van der Waals surface area (Å²) in [5.74, 6) is 3.30. The second kappa shape index (κ2) is 6.07. The lowest BCUT2D eigenvalue weighted by molar-refractivity contribution is 0.250. The number of aliphatic hydroxyl groups is 1. The first-order valence-electron chi connectivity index (χ1n) is 6.23. The Morgan fingerprint density at radius 1 is 1.37 bits per heavy atom. The molecule has 0 bridgehead atoms. The van der Waals surface area contributed by atoms with Crippen molar-refractivity contribution in [2.45, 2.75) is 26.5 Å². The summed E-state index contributed by atoms with van der Waals surface area (Å²) in [7, 11) is 0. The van der Waals surface area contributed by atoms with E-state index in [0.29, 0.717) is 11.7 Å². The van der Waals surface area contributed by atoms with Crippen LogP contribution in [0.4, 0.5) is 5.82 Å². The van der Waals surface area contributed by atoms with Gasteiger partial charge in [-0.2, -0.15) is 11.8 Å². The zero-order valence-electron chi connectivity index (χ0n) is 11.4. The van der Waals surface area contributed by atoms with Gasteiger partial charge >= 0.3 is 0 Å². The van der Waals surface area contributed by atoms with Crippen LogP contribution in [-0.4, -0.2) is 27.4 Å². The molecule has 0 fully saturated rings. The maximum atomic E-state index is 8.99. The molecule has 6 heteroatoms. The number of hydrogen-bond acceptors (Lipinski definition) is 6. The second-order valence-electron chi connectivity index (χ2n) is 4.79. The monoisotopic (exact) mass is 297 g/mol. The van der Waals surface area contributed by atoms with E-state index in [9.17, 15) is 0 Å². The lowest BCUT2D eigenvalue weighted by Crippen LogP contribution is -2.05. The zero-order chi connectivity index (χ0) is 14.0. The van der Waals surface area contributed by atoms with E-state index in [0.717, 1.165) is 27.5 Å². The van der Waals surface area contributed by atoms with Crippen molar-refractivity contribution in [3.63, 3.8) is 0 Å². The van der Waals surface area contributed by atoms with Gasteiger partial charge < -0.3 is 10.8 Å². The minimum Gasteiger partial charge on any atom is -0.396 e. The van der Waals surface area contributed by atoms with Crippen molar-refractivity contribution in [1.82, 2.24) is 9.97 Å². The van der Waals surface area contributed by atoms with Crippen LogP contribution in [0, 0.1) is 19.8 Å². The van der Waals surface area contributed by atoms with Gasteiger partial charge in [0.25, 0.3) is 0 Å². The number of aromatic nitrogens is 2. The summed E-state index contributed by atoms with van der Waals surface area (Å²) in [5.41, 5.74) is 7.22. The van der Waals surface area contributed by atoms with Crippen LogP contribution in [0.5, 0.6) is 0 Å². The maximum Gasteiger partial charge on any atom is 0.142 e. The van der Waals surface area contributed by atoms with Gasteiger partial charge in [-0.15, -0.1) is 11.3 Å². The summed E-state index contributed by atoms with van der Waals surface area (Å²) in [5, 5.41) is 9.99. The van der Waals surface area contributed by atoms with Gasteiger partial charge in [-0.05, 0) is 31.1 Å². The number of aliphatic hydroxyl groups excluding tert-OH is 1. The number of thioether (sulfide) groups is 1. The van der Waals surface area contributed by atoms with Gasteiger partial charge in [-0.25, -0.2) is 9.97 Å². The van der Waals surface area contributed by atoms with Crippen molar-refractivity contribution in [1.29, 1.82) is 0 Å². The van der Waals surface area contributed by atoms with E-state index in [1.165, 1.54) is 10.4 Å². The molecule has 1 atom stereocenters. The Bertz CT molecular complexity index is 583. The summed E-state index contributed by atoms with van der Waals surface area (Å²) in [6.45, 7) is 6.39. The Balaban J connectivity index is 2.17. The summed E-state index contributed by atoms with van der Waals surface area (Å²) >= 11 is 3.40. The fourth-order valence-corrected chi connectivity index (χ4v) is 3.79. The topological polar surface area (TPSA) is 72.0 Å². The second-order valence-corrected chi connectivity index (χ2v) is 7.02. The van der Waals surface area contributed by atoms with Crippen molar-refractivity contribution < 1.29 is 5.11 Å². The van der Waals surface area contributed by atoms with E-state index in [1.807, 2.05) is 6.92 Å². The van der Waals surface area contributed by atoms with Crippen molar-refractivity contribution in [2.75, 3.05) is 18.1 Å². The third-order valence-corrected chi connectivity index (χ3v) is 5.42. The predicted octanol–water partition coefficient (Wildman–Crippen LogP) is 2.75. The number of anilines is 1. The molecular weight excluding hydrogens is 278 g/mol. The molecule has 0 saturated heterocycles. The van der Waals surface area contributed by atoms with Gasteiger partial charge in [-0.1, -0.05) is 6.92 Å². The van der Waals surface area contributed by atoms with E-state index in [2.05, 4.69) is 23.8 Å². The van der Waals surface area contributed by atoms with Crippen LogP contribution in [0.2, 0.25) is 0 Å². The highest BCUT2D eigenvalue weighted by atomic mass is 32.2. The van der Waals surface area contributed by atoms with Crippen LogP contribution in [-0.2, 0) is 5.75 Å². The smallest absolute Gasteiger partial charge is 0.142 e. The fourth-order valence-electron chi connectivity index (χ4n) is 1.80. The molecular formula is C13H19N3OS2. The third-order valence-electron chi connectivity index (χ3n) is 3.05. The normalized spacial score (nSPS) is 13.1. The molecule has 104 valence electrons. The van der Waals surface area contributed by atoms with E-state index < -0.39 is 0 Å². The molecule has 0 spiro atoms. The lowest BCUT2D eigenvalue weighted by Gasteiger charge is -2.07. The van der Waals surface area contributed by atoms with Gasteiger partial charge in [0.2, 0.25) is 0 Å². The largest absolute Gasteiger partial charge is 0.396 e. The van der Waals surface area contributed by atoms with Crippen LogP contribution in [0.1, 0.15) is 23.2 Å². The lowest BCUT2D eigenvalue weighted by atomic mass is 10.2. The molecule has 2 rings (SSSR count). The Hall–Kier alpha value is -0.850. The van der Waals surface area contributed by atoms with Crippen LogP contribution in [0.15, 0.2) is 0 Å². The molecule has 0 aliphatic carbocycles. The van der Waals surface area contributed by atoms with Crippen molar-refractivity contribution >= 4 is 39.1 Å². The average Bonchev–Trinajstić information content (AvgIpc) is 2.65. The average molecular weight is 297 g/mol. The number of nitrogens with two attached hydrogens (primary N) is 1. The van der Waals surface area contributed by atoms with Crippen molar-refractivity contribution in [3.05, 3.63) is 16.3 Å². The molecule has 4 nitrogen and oxygen atoms in total. The van der Waals surface area contributed by atoms with Crippen molar-refractivity contribution in [3.8, 4) is 0 Å². The highest BCUT2D eigenvalue weighted by Crippen LogP contribution is 2.32. The van der Waals surface area contributed by atoms with Gasteiger partial charge in [0, 0.05) is 11.5 Å². The summed E-state index contributed by atoms with van der Waals surface area (Å²) in [6.07, 6.45) is 0. The van der Waals surface area contributed by atoms with Gasteiger partial charge in [0.1, 0.15) is 16.5 Å².